The Morgan fingerprint density at radius 1 is 0.784 bits per heavy atom. The molecule has 7 heteroatoms. The van der Waals surface area contributed by atoms with E-state index in [-0.39, 0.29) is 29.4 Å². The van der Waals surface area contributed by atoms with Gasteiger partial charge in [0.25, 0.3) is 0 Å². The summed E-state index contributed by atoms with van der Waals surface area (Å²) in [4.78, 5) is 26.4. The van der Waals surface area contributed by atoms with Crippen LogP contribution in [0.2, 0.25) is 0 Å². The highest BCUT2D eigenvalue weighted by Crippen LogP contribution is 2.28. The predicted octanol–water partition coefficient (Wildman–Crippen LogP) is 4.51. The first-order valence-electron chi connectivity index (χ1n) is 11.6. The van der Waals surface area contributed by atoms with E-state index in [2.05, 4.69) is 0 Å². The summed E-state index contributed by atoms with van der Waals surface area (Å²) >= 11 is 0. The number of aliphatic hydroxyl groups is 1. The van der Waals surface area contributed by atoms with Crippen molar-refractivity contribution in [3.05, 3.63) is 95.1 Å². The predicted molar refractivity (Wildman–Crippen MR) is 142 cm³/mol. The first-order valence-corrected chi connectivity index (χ1v) is 11.6. The lowest BCUT2D eigenvalue weighted by molar-refractivity contribution is -0.131. The Kier molecular flexibility index (Phi) is 9.24. The number of hydrogen-bond acceptors (Lipinski definition) is 7. The molecule has 0 saturated heterocycles. The number of hydrogen-bond donors (Lipinski definition) is 3. The van der Waals surface area contributed by atoms with E-state index in [1.165, 1.54) is 50.7 Å². The van der Waals surface area contributed by atoms with E-state index in [4.69, 9.17) is 9.47 Å². The molecule has 0 saturated carbocycles. The SMILES string of the molecule is COc1cc(C=CC(=O)C(C(=O)C=Cc2ccc(O)c(OC)c2)[C@@H](O)Cc2ccc(C)cc2)ccc1O. The maximum atomic E-state index is 13.2. The van der Waals surface area contributed by atoms with E-state index in [0.717, 1.165) is 11.1 Å². The standard InChI is InChI=1S/C30H30O7/c1-19-4-6-20(7-5-19)16-27(35)30(25(33)14-10-21-8-12-23(31)28(17-21)36-2)26(34)15-11-22-9-13-24(32)29(18-22)37-3/h4-15,17-18,27,30-32,35H,16H2,1-3H3/t27-,30?/m0/s1. The molecule has 0 bridgehead atoms. The molecule has 0 aliphatic carbocycles. The van der Waals surface area contributed by atoms with Gasteiger partial charge in [-0.1, -0.05) is 54.1 Å². The molecule has 0 unspecified atom stereocenters. The summed E-state index contributed by atoms with van der Waals surface area (Å²) in [7, 11) is 2.83. The number of carbonyl (C=O) groups is 2. The third-order valence-electron chi connectivity index (χ3n) is 5.85. The lowest BCUT2D eigenvalue weighted by atomic mass is 9.87. The number of rotatable bonds is 11. The Hall–Kier alpha value is -4.36. The normalized spacial score (nSPS) is 13.0. The molecular formula is C30H30O7. The van der Waals surface area contributed by atoms with Crippen molar-refractivity contribution in [3.63, 3.8) is 0 Å². The van der Waals surface area contributed by atoms with Crippen LogP contribution in [0.4, 0.5) is 0 Å². The third-order valence-corrected chi connectivity index (χ3v) is 5.85. The van der Waals surface area contributed by atoms with Gasteiger partial charge in [0.15, 0.2) is 34.6 Å². The molecule has 3 aromatic rings. The van der Waals surface area contributed by atoms with Crippen LogP contribution in [-0.4, -0.2) is 47.2 Å². The van der Waals surface area contributed by atoms with Crippen molar-refractivity contribution in [1.29, 1.82) is 0 Å². The molecule has 0 heterocycles. The van der Waals surface area contributed by atoms with Crippen molar-refractivity contribution >= 4 is 23.7 Å². The van der Waals surface area contributed by atoms with Gasteiger partial charge < -0.3 is 24.8 Å². The molecule has 0 fully saturated rings. The highest BCUT2D eigenvalue weighted by Gasteiger charge is 2.31. The van der Waals surface area contributed by atoms with Gasteiger partial charge in [-0.25, -0.2) is 0 Å². The van der Waals surface area contributed by atoms with Gasteiger partial charge in [-0.2, -0.15) is 0 Å². The Morgan fingerprint density at radius 2 is 1.24 bits per heavy atom. The topological polar surface area (TPSA) is 113 Å². The highest BCUT2D eigenvalue weighted by molar-refractivity contribution is 6.14. The zero-order valence-corrected chi connectivity index (χ0v) is 20.9. The molecule has 0 aliphatic heterocycles. The van der Waals surface area contributed by atoms with Crippen LogP contribution in [0.15, 0.2) is 72.8 Å². The molecule has 0 spiro atoms. The van der Waals surface area contributed by atoms with Crippen LogP contribution in [0.3, 0.4) is 0 Å². The molecule has 192 valence electrons. The summed E-state index contributed by atoms with van der Waals surface area (Å²) in [5.74, 6) is -2.06. The first kappa shape index (κ1) is 27.2. The number of phenolic OH excluding ortho intramolecular Hbond substituents is 2. The molecule has 0 radical (unpaired) electrons. The van der Waals surface area contributed by atoms with Crippen molar-refractivity contribution in [2.45, 2.75) is 19.4 Å². The minimum Gasteiger partial charge on any atom is -0.504 e. The van der Waals surface area contributed by atoms with E-state index < -0.39 is 23.6 Å². The Morgan fingerprint density at radius 3 is 1.68 bits per heavy atom. The summed E-state index contributed by atoms with van der Waals surface area (Å²) in [6.45, 7) is 1.95. The van der Waals surface area contributed by atoms with Gasteiger partial charge in [0.1, 0.15) is 5.92 Å². The third kappa shape index (κ3) is 7.32. The molecule has 3 N–H and O–H groups in total. The number of methoxy groups -OCH3 is 2. The van der Waals surface area contributed by atoms with E-state index in [9.17, 15) is 24.9 Å². The first-order chi connectivity index (χ1) is 17.7. The Bertz CT molecular complexity index is 1230. The maximum Gasteiger partial charge on any atom is 0.169 e. The van der Waals surface area contributed by atoms with Crippen LogP contribution in [0.1, 0.15) is 22.3 Å². The maximum absolute atomic E-state index is 13.2. The zero-order valence-electron chi connectivity index (χ0n) is 20.9. The molecule has 0 aromatic heterocycles. The minimum absolute atomic E-state index is 0.0384. The van der Waals surface area contributed by atoms with Gasteiger partial charge >= 0.3 is 0 Å². The minimum atomic E-state index is -1.34. The fourth-order valence-corrected chi connectivity index (χ4v) is 3.76. The second kappa shape index (κ2) is 12.6. The highest BCUT2D eigenvalue weighted by atomic mass is 16.5. The van der Waals surface area contributed by atoms with Crippen molar-refractivity contribution in [2.24, 2.45) is 5.92 Å². The average molecular weight is 503 g/mol. The van der Waals surface area contributed by atoms with Crippen molar-refractivity contribution in [2.75, 3.05) is 14.2 Å². The second-order valence-corrected chi connectivity index (χ2v) is 8.57. The lowest BCUT2D eigenvalue weighted by Gasteiger charge is -2.19. The van der Waals surface area contributed by atoms with Crippen molar-refractivity contribution in [3.8, 4) is 23.0 Å². The van der Waals surface area contributed by atoms with Crippen LogP contribution >= 0.6 is 0 Å². The number of benzene rings is 3. The van der Waals surface area contributed by atoms with Gasteiger partial charge in [-0.15, -0.1) is 0 Å². The number of allylic oxidation sites excluding steroid dienone is 2. The Labute approximate surface area is 215 Å². The number of ketones is 2. The smallest absolute Gasteiger partial charge is 0.169 e. The van der Waals surface area contributed by atoms with Gasteiger partial charge in [-0.05, 0) is 66.5 Å². The Balaban J connectivity index is 1.87. The summed E-state index contributed by atoms with van der Waals surface area (Å²) in [6, 6.07) is 16.7. The average Bonchev–Trinajstić information content (AvgIpc) is 2.89. The summed E-state index contributed by atoms with van der Waals surface area (Å²) in [5.41, 5.74) is 3.01. The van der Waals surface area contributed by atoms with Gasteiger partial charge in [-0.3, -0.25) is 9.59 Å². The van der Waals surface area contributed by atoms with Crippen LogP contribution in [0, 0.1) is 12.8 Å². The number of aryl methyl sites for hydroxylation is 1. The molecule has 3 rings (SSSR count). The molecular weight excluding hydrogens is 472 g/mol. The number of ether oxygens (including phenoxy) is 2. The number of aliphatic hydroxyl groups excluding tert-OH is 1. The van der Waals surface area contributed by atoms with Crippen LogP contribution in [0.25, 0.3) is 12.2 Å². The zero-order chi connectivity index (χ0) is 26.9. The largest absolute Gasteiger partial charge is 0.504 e. The van der Waals surface area contributed by atoms with Crippen LogP contribution in [0.5, 0.6) is 23.0 Å². The summed E-state index contributed by atoms with van der Waals surface area (Å²) in [5, 5.41) is 30.6. The lowest BCUT2D eigenvalue weighted by Crippen LogP contribution is -2.35. The molecule has 7 nitrogen and oxygen atoms in total. The van der Waals surface area contributed by atoms with Gasteiger partial charge in [0, 0.05) is 0 Å². The molecule has 0 aliphatic rings. The summed E-state index contributed by atoms with van der Waals surface area (Å²) in [6.07, 6.45) is 4.33. The fourth-order valence-electron chi connectivity index (χ4n) is 3.76. The van der Waals surface area contributed by atoms with E-state index in [1.807, 2.05) is 31.2 Å². The van der Waals surface area contributed by atoms with E-state index >= 15 is 0 Å². The van der Waals surface area contributed by atoms with Gasteiger partial charge in [0.2, 0.25) is 0 Å². The van der Waals surface area contributed by atoms with Gasteiger partial charge in [0.05, 0.1) is 20.3 Å². The van der Waals surface area contributed by atoms with Crippen molar-refractivity contribution in [1.82, 2.24) is 0 Å². The molecule has 3 aromatic carbocycles. The monoisotopic (exact) mass is 502 g/mol. The van der Waals surface area contributed by atoms with Crippen LogP contribution in [-0.2, 0) is 16.0 Å². The molecule has 37 heavy (non-hydrogen) atoms. The number of carbonyl (C=O) groups excluding carboxylic acids is 2. The van der Waals surface area contributed by atoms with E-state index in [0.29, 0.717) is 11.1 Å². The fraction of sp³-hybridized carbons (Fsp3) is 0.200. The molecule has 0 amide bonds. The summed E-state index contributed by atoms with van der Waals surface area (Å²) < 4.78 is 10.2. The van der Waals surface area contributed by atoms with Crippen molar-refractivity contribution < 1.29 is 34.4 Å². The van der Waals surface area contributed by atoms with Crippen LogP contribution < -0.4 is 9.47 Å². The second-order valence-electron chi connectivity index (χ2n) is 8.57. The van der Waals surface area contributed by atoms with E-state index in [1.54, 1.807) is 24.3 Å². The quantitative estimate of drug-likeness (QED) is 0.261. The number of phenols is 2. The number of aromatic hydroxyl groups is 2. The molecule has 1 atom stereocenters.